The fraction of sp³-hybridized carbons (Fsp3) is 0.214. The highest BCUT2D eigenvalue weighted by Gasteiger charge is 2.41. The molecule has 1 aliphatic heterocycles. The lowest BCUT2D eigenvalue weighted by Gasteiger charge is -2.28. The van der Waals surface area contributed by atoms with E-state index in [1.807, 2.05) is 42.6 Å². The number of aryl methyl sites for hydroxylation is 1. The largest absolute Gasteiger partial charge is 0.497 e. The molecule has 3 heterocycles. The zero-order valence-corrected chi connectivity index (χ0v) is 21.5. The number of thiocarbonyl (C=S) groups is 1. The third kappa shape index (κ3) is 4.51. The van der Waals surface area contributed by atoms with Crippen LogP contribution in [0.15, 0.2) is 79.0 Å². The van der Waals surface area contributed by atoms with Gasteiger partial charge in [0, 0.05) is 34.8 Å². The molecule has 2 atom stereocenters. The van der Waals surface area contributed by atoms with Crippen molar-refractivity contribution < 1.29 is 4.74 Å². The average molecular weight is 503 g/mol. The zero-order valence-electron chi connectivity index (χ0n) is 19.9. The van der Waals surface area contributed by atoms with E-state index in [1.54, 1.807) is 7.11 Å². The lowest BCUT2D eigenvalue weighted by atomic mass is 9.96. The number of halogens is 1. The van der Waals surface area contributed by atoms with Crippen LogP contribution in [0, 0.1) is 13.8 Å². The Bertz CT molecular complexity index is 1340. The second kappa shape index (κ2) is 9.72. The minimum absolute atomic E-state index is 0.0215. The van der Waals surface area contributed by atoms with Crippen LogP contribution in [0.1, 0.15) is 40.3 Å². The molecule has 1 aliphatic rings. The third-order valence-electron chi connectivity index (χ3n) is 6.58. The SMILES string of the molecule is COc1ccc(CN2C(=S)N[C@H](c3ccccn3)[C@H]2c2cc(C)n(-c3ccc(Cl)cc3)c2C)cc1. The molecule has 1 saturated heterocycles. The summed E-state index contributed by atoms with van der Waals surface area (Å²) in [5.74, 6) is 0.838. The van der Waals surface area contributed by atoms with Crippen molar-refractivity contribution in [1.82, 2.24) is 19.8 Å². The summed E-state index contributed by atoms with van der Waals surface area (Å²) >= 11 is 12.0. The van der Waals surface area contributed by atoms with Crippen LogP contribution in [0.2, 0.25) is 5.02 Å². The maximum Gasteiger partial charge on any atom is 0.170 e. The lowest BCUT2D eigenvalue weighted by molar-refractivity contribution is 0.310. The molecule has 7 heteroatoms. The first-order chi connectivity index (χ1) is 17.0. The van der Waals surface area contributed by atoms with Crippen molar-refractivity contribution in [3.05, 3.63) is 112 Å². The number of methoxy groups -OCH3 is 1. The highest BCUT2D eigenvalue weighted by atomic mass is 35.5. The molecule has 0 radical (unpaired) electrons. The molecule has 5 rings (SSSR count). The van der Waals surface area contributed by atoms with Crippen LogP contribution in [-0.2, 0) is 6.54 Å². The van der Waals surface area contributed by atoms with Crippen molar-refractivity contribution in [2.45, 2.75) is 32.5 Å². The van der Waals surface area contributed by atoms with Crippen molar-refractivity contribution >= 4 is 28.9 Å². The fourth-order valence-electron chi connectivity index (χ4n) is 4.92. The molecule has 2 aromatic carbocycles. The van der Waals surface area contributed by atoms with Crippen LogP contribution in [0.5, 0.6) is 5.75 Å². The molecule has 0 amide bonds. The average Bonchev–Trinajstić information content (AvgIpc) is 3.35. The fourth-order valence-corrected chi connectivity index (χ4v) is 5.35. The van der Waals surface area contributed by atoms with Gasteiger partial charge in [0.15, 0.2) is 5.11 Å². The van der Waals surface area contributed by atoms with Gasteiger partial charge in [0.2, 0.25) is 0 Å². The van der Waals surface area contributed by atoms with Crippen molar-refractivity contribution in [3.8, 4) is 11.4 Å². The van der Waals surface area contributed by atoms with Gasteiger partial charge in [-0.25, -0.2) is 0 Å². The molecule has 0 saturated carbocycles. The molecule has 178 valence electrons. The molecule has 1 N–H and O–H groups in total. The number of hydrogen-bond acceptors (Lipinski definition) is 3. The molecule has 0 spiro atoms. The molecule has 2 aromatic heterocycles. The van der Waals surface area contributed by atoms with Gasteiger partial charge in [0.1, 0.15) is 5.75 Å². The summed E-state index contributed by atoms with van der Waals surface area (Å²) in [6, 6.07) is 24.3. The Morgan fingerprint density at radius 3 is 2.43 bits per heavy atom. The summed E-state index contributed by atoms with van der Waals surface area (Å²) in [6.45, 7) is 4.98. The maximum atomic E-state index is 6.15. The predicted molar refractivity (Wildman–Crippen MR) is 144 cm³/mol. The summed E-state index contributed by atoms with van der Waals surface area (Å²) in [7, 11) is 1.68. The zero-order chi connectivity index (χ0) is 24.5. The summed E-state index contributed by atoms with van der Waals surface area (Å²) in [5, 5.41) is 5.00. The topological polar surface area (TPSA) is 42.3 Å². The minimum atomic E-state index is -0.0684. The van der Waals surface area contributed by atoms with E-state index >= 15 is 0 Å². The number of aromatic nitrogens is 2. The molecule has 4 aromatic rings. The summed E-state index contributed by atoms with van der Waals surface area (Å²) in [5.41, 5.74) is 6.75. The van der Waals surface area contributed by atoms with Crippen LogP contribution in [0.4, 0.5) is 0 Å². The lowest BCUT2D eigenvalue weighted by Crippen LogP contribution is -2.29. The van der Waals surface area contributed by atoms with Crippen LogP contribution >= 0.6 is 23.8 Å². The van der Waals surface area contributed by atoms with Gasteiger partial charge in [-0.15, -0.1) is 0 Å². The van der Waals surface area contributed by atoms with Crippen molar-refractivity contribution in [1.29, 1.82) is 0 Å². The van der Waals surface area contributed by atoms with Crippen LogP contribution in [0.25, 0.3) is 5.69 Å². The Morgan fingerprint density at radius 1 is 1.03 bits per heavy atom. The predicted octanol–water partition coefficient (Wildman–Crippen LogP) is 6.32. The number of hydrogen-bond donors (Lipinski definition) is 1. The molecule has 35 heavy (non-hydrogen) atoms. The summed E-state index contributed by atoms with van der Waals surface area (Å²) in [6.07, 6.45) is 1.83. The second-order valence-electron chi connectivity index (χ2n) is 8.74. The van der Waals surface area contributed by atoms with Crippen LogP contribution in [0.3, 0.4) is 0 Å². The highest BCUT2D eigenvalue weighted by molar-refractivity contribution is 7.80. The van der Waals surface area contributed by atoms with Gasteiger partial charge in [-0.1, -0.05) is 29.8 Å². The van der Waals surface area contributed by atoms with Gasteiger partial charge >= 0.3 is 0 Å². The first-order valence-electron chi connectivity index (χ1n) is 11.5. The van der Waals surface area contributed by atoms with Crippen molar-refractivity contribution in [2.75, 3.05) is 7.11 Å². The Hall–Kier alpha value is -3.35. The van der Waals surface area contributed by atoms with Crippen molar-refractivity contribution in [2.24, 2.45) is 0 Å². The monoisotopic (exact) mass is 502 g/mol. The number of ether oxygens (including phenoxy) is 1. The molecule has 1 fully saturated rings. The smallest absolute Gasteiger partial charge is 0.170 e. The molecule has 0 aliphatic carbocycles. The van der Waals surface area contributed by atoms with Gasteiger partial charge in [-0.2, -0.15) is 0 Å². The van der Waals surface area contributed by atoms with Crippen LogP contribution in [-0.4, -0.2) is 26.7 Å². The second-order valence-corrected chi connectivity index (χ2v) is 9.56. The molecule has 5 nitrogen and oxygen atoms in total. The van der Waals surface area contributed by atoms with E-state index in [-0.39, 0.29) is 12.1 Å². The van der Waals surface area contributed by atoms with E-state index in [0.29, 0.717) is 6.54 Å². The van der Waals surface area contributed by atoms with Crippen molar-refractivity contribution in [3.63, 3.8) is 0 Å². The number of nitrogens with zero attached hydrogens (tertiary/aromatic N) is 3. The number of benzene rings is 2. The number of rotatable bonds is 6. The molecular weight excluding hydrogens is 476 g/mol. The molecular formula is C28H27ClN4OS. The van der Waals surface area contributed by atoms with Gasteiger partial charge in [-0.3, -0.25) is 4.98 Å². The van der Waals surface area contributed by atoms with E-state index < -0.39 is 0 Å². The van der Waals surface area contributed by atoms with E-state index in [9.17, 15) is 0 Å². The third-order valence-corrected chi connectivity index (χ3v) is 7.19. The van der Waals surface area contributed by atoms with E-state index in [4.69, 9.17) is 28.6 Å². The van der Waals surface area contributed by atoms with E-state index in [1.165, 1.54) is 11.3 Å². The van der Waals surface area contributed by atoms with Gasteiger partial charge in [0.05, 0.1) is 24.9 Å². The van der Waals surface area contributed by atoms with Crippen LogP contribution < -0.4 is 10.1 Å². The first-order valence-corrected chi connectivity index (χ1v) is 12.3. The Balaban J connectivity index is 1.59. The Kier molecular flexibility index (Phi) is 6.50. The minimum Gasteiger partial charge on any atom is -0.497 e. The number of nitrogens with one attached hydrogen (secondary N) is 1. The Morgan fingerprint density at radius 2 is 1.77 bits per heavy atom. The quantitative estimate of drug-likeness (QED) is 0.312. The standard InChI is InChI=1S/C28H27ClN4OS/c1-18-16-24(19(2)33(18)22-11-9-21(29)10-12-22)27-26(25-6-4-5-15-30-25)31-28(35)32(27)17-20-7-13-23(34-3)14-8-20/h4-16,26-27H,17H2,1-3H3,(H,31,35)/t26-,27-/m1/s1. The van der Waals surface area contributed by atoms with Gasteiger partial charge in [0.25, 0.3) is 0 Å². The molecule has 0 bridgehead atoms. The first kappa shape index (κ1) is 23.4. The molecule has 0 unspecified atom stereocenters. The van der Waals surface area contributed by atoms with Gasteiger partial charge < -0.3 is 19.5 Å². The normalized spacial score (nSPS) is 17.5. The summed E-state index contributed by atoms with van der Waals surface area (Å²) < 4.78 is 7.61. The van der Waals surface area contributed by atoms with E-state index in [2.05, 4.69) is 70.0 Å². The van der Waals surface area contributed by atoms with Gasteiger partial charge in [-0.05, 0) is 91.8 Å². The number of pyridine rings is 1. The Labute approximate surface area is 216 Å². The summed E-state index contributed by atoms with van der Waals surface area (Å²) in [4.78, 5) is 6.94. The maximum absolute atomic E-state index is 6.15. The van der Waals surface area contributed by atoms with E-state index in [0.717, 1.165) is 38.5 Å². The highest BCUT2D eigenvalue weighted by Crippen LogP contribution is 2.42.